The molecule has 5 N–H and O–H groups in total. The summed E-state index contributed by atoms with van der Waals surface area (Å²) in [5.74, 6) is -0.315. The number of hydrogen-bond donors (Lipinski definition) is 5. The van der Waals surface area contributed by atoms with Gasteiger partial charge in [-0.15, -0.1) is 0 Å². The quantitative estimate of drug-likeness (QED) is 0.469. The van der Waals surface area contributed by atoms with Crippen LogP contribution in [0.1, 0.15) is 38.5 Å². The van der Waals surface area contributed by atoms with E-state index in [0.29, 0.717) is 6.42 Å². The van der Waals surface area contributed by atoms with Crippen molar-refractivity contribution in [3.8, 4) is 0 Å². The van der Waals surface area contributed by atoms with E-state index in [1.54, 1.807) is 0 Å². The van der Waals surface area contributed by atoms with Crippen LogP contribution in [-0.2, 0) is 9.13 Å². The summed E-state index contributed by atoms with van der Waals surface area (Å²) in [6.07, 6.45) is 3.74. The second kappa shape index (κ2) is 6.02. The minimum atomic E-state index is -5.35. The van der Waals surface area contributed by atoms with Crippen LogP contribution >= 0.6 is 15.2 Å². The summed E-state index contributed by atoms with van der Waals surface area (Å²) < 4.78 is 22.9. The fourth-order valence-electron chi connectivity index (χ4n) is 3.57. The standard InChI is InChI=1S/C11H23NO7P2/c13-11(20(14,15)16,21(17,18)19)8-9-4-3-7-12-6-2-1-5-10(9)12/h9-10,13H,1-8H2,(H2,14,15,16)(H2,17,18,19). The van der Waals surface area contributed by atoms with Crippen LogP contribution in [0.4, 0.5) is 0 Å². The number of piperidine rings is 2. The molecule has 2 fully saturated rings. The van der Waals surface area contributed by atoms with E-state index in [1.165, 1.54) is 0 Å². The number of fused-ring (bicyclic) bond motifs is 1. The maximum Gasteiger partial charge on any atom is 0.369 e. The van der Waals surface area contributed by atoms with Gasteiger partial charge >= 0.3 is 15.2 Å². The molecule has 0 aromatic heterocycles. The van der Waals surface area contributed by atoms with Gasteiger partial charge in [-0.05, 0) is 44.7 Å². The first-order chi connectivity index (χ1) is 9.56. The molecule has 0 saturated carbocycles. The summed E-state index contributed by atoms with van der Waals surface area (Å²) in [5.41, 5.74) is 0. The zero-order chi connectivity index (χ0) is 15.9. The summed E-state index contributed by atoms with van der Waals surface area (Å²) in [6.45, 7) is 1.79. The van der Waals surface area contributed by atoms with E-state index in [1.807, 2.05) is 0 Å². The molecule has 0 spiro atoms. The summed E-state index contributed by atoms with van der Waals surface area (Å²) in [6, 6.07) is 0.0390. The average Bonchev–Trinajstić information content (AvgIpc) is 2.36. The summed E-state index contributed by atoms with van der Waals surface area (Å²) >= 11 is 0. The van der Waals surface area contributed by atoms with Gasteiger partial charge in [-0.3, -0.25) is 9.13 Å². The third-order valence-electron chi connectivity index (χ3n) is 4.70. The highest BCUT2D eigenvalue weighted by molar-refractivity contribution is 7.72. The smallest absolute Gasteiger partial charge is 0.368 e. The molecule has 0 aromatic carbocycles. The third-order valence-corrected chi connectivity index (χ3v) is 8.49. The normalized spacial score (nSPS) is 29.2. The molecule has 2 unspecified atom stereocenters. The topological polar surface area (TPSA) is 139 Å². The zero-order valence-electron chi connectivity index (χ0n) is 11.7. The third kappa shape index (κ3) is 3.43. The van der Waals surface area contributed by atoms with Gasteiger partial charge in [0.15, 0.2) is 0 Å². The van der Waals surface area contributed by atoms with Crippen LogP contribution in [0.15, 0.2) is 0 Å². The molecular weight excluding hydrogens is 320 g/mol. The van der Waals surface area contributed by atoms with E-state index in [4.69, 9.17) is 0 Å². The number of nitrogens with zero attached hydrogens (tertiary/aromatic N) is 1. The maximum atomic E-state index is 11.5. The van der Waals surface area contributed by atoms with Crippen LogP contribution in [0.3, 0.4) is 0 Å². The highest BCUT2D eigenvalue weighted by Gasteiger charge is 2.60. The summed E-state index contributed by atoms with van der Waals surface area (Å²) in [4.78, 5) is 39.2. The van der Waals surface area contributed by atoms with Gasteiger partial charge in [0.05, 0.1) is 0 Å². The van der Waals surface area contributed by atoms with E-state index < -0.39 is 26.7 Å². The second-order valence-electron chi connectivity index (χ2n) is 6.07. The van der Waals surface area contributed by atoms with Crippen molar-refractivity contribution in [1.82, 2.24) is 4.90 Å². The molecule has 0 bridgehead atoms. The van der Waals surface area contributed by atoms with Crippen LogP contribution in [0, 0.1) is 5.92 Å². The van der Waals surface area contributed by atoms with Crippen molar-refractivity contribution in [2.24, 2.45) is 5.92 Å². The van der Waals surface area contributed by atoms with Crippen molar-refractivity contribution < 1.29 is 33.8 Å². The largest absolute Gasteiger partial charge is 0.369 e. The Labute approximate surface area is 123 Å². The van der Waals surface area contributed by atoms with Crippen LogP contribution in [0.25, 0.3) is 0 Å². The van der Waals surface area contributed by atoms with E-state index in [9.17, 15) is 33.8 Å². The average molecular weight is 343 g/mol. The molecule has 124 valence electrons. The number of hydrogen-bond acceptors (Lipinski definition) is 4. The predicted octanol–water partition coefficient (Wildman–Crippen LogP) is 0.642. The highest BCUT2D eigenvalue weighted by Crippen LogP contribution is 2.70. The lowest BCUT2D eigenvalue weighted by Gasteiger charge is -2.46. The lowest BCUT2D eigenvalue weighted by atomic mass is 9.82. The van der Waals surface area contributed by atoms with Gasteiger partial charge < -0.3 is 29.6 Å². The van der Waals surface area contributed by atoms with Gasteiger partial charge in [0.2, 0.25) is 0 Å². The van der Waals surface area contributed by atoms with Crippen molar-refractivity contribution in [1.29, 1.82) is 0 Å². The Morgan fingerprint density at radius 3 is 2.10 bits per heavy atom. The van der Waals surface area contributed by atoms with Crippen LogP contribution in [-0.4, -0.2) is 53.8 Å². The van der Waals surface area contributed by atoms with E-state index in [-0.39, 0.29) is 12.0 Å². The minimum Gasteiger partial charge on any atom is -0.368 e. The minimum absolute atomic E-state index is 0.0390. The molecule has 0 aromatic rings. The Balaban J connectivity index is 2.24. The molecule has 2 aliphatic heterocycles. The van der Waals surface area contributed by atoms with E-state index in [2.05, 4.69) is 4.90 Å². The molecule has 0 aliphatic carbocycles. The molecular formula is C11H23NO7P2. The Bertz CT molecular complexity index is 449. The Hall–Kier alpha value is 0.220. The van der Waals surface area contributed by atoms with Crippen molar-refractivity contribution >= 4 is 15.2 Å². The fourth-order valence-corrected chi connectivity index (χ4v) is 5.88. The van der Waals surface area contributed by atoms with E-state index >= 15 is 0 Å². The Morgan fingerprint density at radius 1 is 0.952 bits per heavy atom. The van der Waals surface area contributed by atoms with Gasteiger partial charge in [0.25, 0.3) is 5.08 Å². The molecule has 2 rings (SSSR count). The van der Waals surface area contributed by atoms with Crippen LogP contribution < -0.4 is 0 Å². The summed E-state index contributed by atoms with van der Waals surface area (Å²) in [7, 11) is -10.7. The van der Waals surface area contributed by atoms with Crippen molar-refractivity contribution in [3.05, 3.63) is 0 Å². The molecule has 2 aliphatic rings. The molecule has 2 saturated heterocycles. The van der Waals surface area contributed by atoms with Crippen molar-refractivity contribution in [2.75, 3.05) is 13.1 Å². The van der Waals surface area contributed by atoms with Crippen LogP contribution in [0.5, 0.6) is 0 Å². The first-order valence-electron chi connectivity index (χ1n) is 7.14. The zero-order valence-corrected chi connectivity index (χ0v) is 13.5. The monoisotopic (exact) mass is 343 g/mol. The first-order valence-corrected chi connectivity index (χ1v) is 10.4. The Morgan fingerprint density at radius 2 is 1.52 bits per heavy atom. The second-order valence-corrected chi connectivity index (χ2v) is 10.1. The lowest BCUT2D eigenvalue weighted by molar-refractivity contribution is 0.0245. The van der Waals surface area contributed by atoms with Gasteiger partial charge in [0.1, 0.15) is 0 Å². The van der Waals surface area contributed by atoms with E-state index in [0.717, 1.165) is 38.8 Å². The fraction of sp³-hybridized carbons (Fsp3) is 1.00. The first kappa shape index (κ1) is 17.6. The molecule has 10 heteroatoms. The maximum absolute atomic E-state index is 11.5. The molecule has 2 heterocycles. The number of rotatable bonds is 4. The summed E-state index contributed by atoms with van der Waals surface area (Å²) in [5, 5.41) is 6.81. The van der Waals surface area contributed by atoms with Crippen molar-refractivity contribution in [3.63, 3.8) is 0 Å². The van der Waals surface area contributed by atoms with Crippen LogP contribution in [0.2, 0.25) is 0 Å². The van der Waals surface area contributed by atoms with Gasteiger partial charge in [-0.1, -0.05) is 6.42 Å². The van der Waals surface area contributed by atoms with Crippen molar-refractivity contribution in [2.45, 2.75) is 49.6 Å². The molecule has 8 nitrogen and oxygen atoms in total. The molecule has 0 amide bonds. The molecule has 21 heavy (non-hydrogen) atoms. The van der Waals surface area contributed by atoms with Gasteiger partial charge in [-0.25, -0.2) is 0 Å². The SMILES string of the molecule is O=P(O)(O)C(O)(CC1CCCN2CCCCC12)P(=O)(O)O. The number of aliphatic hydroxyl groups is 1. The Kier molecular flexibility index (Phi) is 5.04. The predicted molar refractivity (Wildman–Crippen MR) is 75.6 cm³/mol. The lowest BCUT2D eigenvalue weighted by Crippen LogP contribution is -2.50. The molecule has 2 atom stereocenters. The highest BCUT2D eigenvalue weighted by atomic mass is 31.2. The van der Waals surface area contributed by atoms with Gasteiger partial charge in [0, 0.05) is 12.5 Å². The van der Waals surface area contributed by atoms with Gasteiger partial charge in [-0.2, -0.15) is 0 Å². The molecule has 0 radical (unpaired) electrons.